The van der Waals surface area contributed by atoms with Crippen molar-refractivity contribution in [3.05, 3.63) is 182 Å². The summed E-state index contributed by atoms with van der Waals surface area (Å²) < 4.78 is 2.61. The van der Waals surface area contributed by atoms with E-state index in [9.17, 15) is 0 Å². The van der Waals surface area contributed by atoms with Gasteiger partial charge in [0.25, 0.3) is 0 Å². The number of fused-ring (bicyclic) bond motifs is 6. The van der Waals surface area contributed by atoms with Gasteiger partial charge in [0, 0.05) is 36.9 Å². The highest BCUT2D eigenvalue weighted by molar-refractivity contribution is 7.25. The highest BCUT2D eigenvalue weighted by Crippen LogP contribution is 2.49. The van der Waals surface area contributed by atoms with Gasteiger partial charge in [0.05, 0.1) is 11.4 Å². The van der Waals surface area contributed by atoms with E-state index in [0.717, 1.165) is 39.2 Å². The molecule has 0 spiro atoms. The Bertz CT molecular complexity index is 3020. The molecule has 1 aliphatic carbocycles. The first-order valence-electron chi connectivity index (χ1n) is 18.0. The fourth-order valence-electron chi connectivity index (χ4n) is 8.13. The Kier molecular flexibility index (Phi) is 6.76. The number of nitrogens with zero attached hydrogens (tertiary/aromatic N) is 2. The summed E-state index contributed by atoms with van der Waals surface area (Å²) in [5.74, 6) is 0.711. The summed E-state index contributed by atoms with van der Waals surface area (Å²) in [5.41, 5.74) is 14.7. The van der Waals surface area contributed by atoms with E-state index >= 15 is 0 Å². The number of hydrogen-bond donors (Lipinski definition) is 0. The van der Waals surface area contributed by atoms with Gasteiger partial charge in [0.15, 0.2) is 5.82 Å². The molecule has 2 heterocycles. The molecule has 0 fully saturated rings. The highest BCUT2D eigenvalue weighted by atomic mass is 32.1. The van der Waals surface area contributed by atoms with Crippen LogP contribution in [0.1, 0.15) is 0 Å². The number of benzene rings is 8. The fourth-order valence-corrected chi connectivity index (χ4v) is 9.21. The SMILES string of the molecule is c1ccc(-c2cc(-c3ccc4sc5ccccc5c4c3)cc(-c3cc(-c4ccc5c6c(cccc46)-c4ccccc4-5)nc(-c4ccccc4)n3)c2)cc1. The number of rotatable bonds is 5. The minimum absolute atomic E-state index is 0.711. The predicted molar refractivity (Wildman–Crippen MR) is 224 cm³/mol. The number of hydrogen-bond acceptors (Lipinski definition) is 3. The van der Waals surface area contributed by atoms with Crippen molar-refractivity contribution >= 4 is 42.3 Å². The molecule has 0 radical (unpaired) electrons. The summed E-state index contributed by atoms with van der Waals surface area (Å²) in [6, 6.07) is 65.6. The molecule has 2 nitrogen and oxygen atoms in total. The normalized spacial score (nSPS) is 11.8. The standard InChI is InChI=1S/C50H30N2S/c1-3-12-31(13-4-1)34-26-35(33-22-25-48-44(29-33)40-18-9-10-21-47(40)53-48)28-36(27-34)45-30-46(52-50(51-45)32-14-5-2-6-15-32)39-23-24-43-38-17-8-7-16-37(38)41-19-11-20-42(39)49(41)43/h1-30H. The van der Waals surface area contributed by atoms with Crippen molar-refractivity contribution in [3.8, 4) is 78.4 Å². The second kappa shape index (κ2) is 11.9. The Morgan fingerprint density at radius 2 is 0.887 bits per heavy atom. The summed E-state index contributed by atoms with van der Waals surface area (Å²) in [7, 11) is 0. The quantitative estimate of drug-likeness (QED) is 0.180. The second-order valence-electron chi connectivity index (χ2n) is 13.7. The maximum absolute atomic E-state index is 5.30. The molecule has 53 heavy (non-hydrogen) atoms. The zero-order chi connectivity index (χ0) is 34.9. The van der Waals surface area contributed by atoms with Gasteiger partial charge in [0.1, 0.15) is 0 Å². The van der Waals surface area contributed by atoms with Crippen LogP contribution in [-0.2, 0) is 0 Å². The van der Waals surface area contributed by atoms with E-state index in [-0.39, 0.29) is 0 Å². The third-order valence-electron chi connectivity index (χ3n) is 10.6. The lowest BCUT2D eigenvalue weighted by Crippen LogP contribution is -1.97. The van der Waals surface area contributed by atoms with Crippen molar-refractivity contribution in [2.45, 2.75) is 0 Å². The fraction of sp³-hybridized carbons (Fsp3) is 0. The molecule has 2 aromatic heterocycles. The van der Waals surface area contributed by atoms with Gasteiger partial charge in [-0.15, -0.1) is 11.3 Å². The van der Waals surface area contributed by atoms with E-state index in [0.29, 0.717) is 5.82 Å². The zero-order valence-corrected chi connectivity index (χ0v) is 29.4. The molecule has 0 unspecified atom stereocenters. The predicted octanol–water partition coefficient (Wildman–Crippen LogP) is 14.0. The van der Waals surface area contributed by atoms with Crippen LogP contribution in [0.15, 0.2) is 182 Å². The first kappa shape index (κ1) is 30.0. The van der Waals surface area contributed by atoms with Crippen LogP contribution in [0.4, 0.5) is 0 Å². The van der Waals surface area contributed by atoms with E-state index in [4.69, 9.17) is 9.97 Å². The molecule has 3 heteroatoms. The van der Waals surface area contributed by atoms with Crippen molar-refractivity contribution in [1.82, 2.24) is 9.97 Å². The highest BCUT2D eigenvalue weighted by Gasteiger charge is 2.23. The van der Waals surface area contributed by atoms with Crippen molar-refractivity contribution in [2.75, 3.05) is 0 Å². The largest absolute Gasteiger partial charge is 0.228 e. The molecular weight excluding hydrogens is 661 g/mol. The lowest BCUT2D eigenvalue weighted by Gasteiger charge is -2.14. The average molecular weight is 691 g/mol. The van der Waals surface area contributed by atoms with E-state index < -0.39 is 0 Å². The van der Waals surface area contributed by atoms with E-state index in [1.807, 2.05) is 17.4 Å². The maximum Gasteiger partial charge on any atom is 0.160 e. The third-order valence-corrected chi connectivity index (χ3v) is 11.8. The van der Waals surface area contributed by atoms with Crippen LogP contribution in [0.2, 0.25) is 0 Å². The molecule has 0 saturated heterocycles. The molecule has 0 atom stereocenters. The van der Waals surface area contributed by atoms with Gasteiger partial charge in [0.2, 0.25) is 0 Å². The molecule has 0 saturated carbocycles. The van der Waals surface area contributed by atoms with Crippen LogP contribution in [0, 0.1) is 0 Å². The summed E-state index contributed by atoms with van der Waals surface area (Å²) in [6.07, 6.45) is 0. The van der Waals surface area contributed by atoms with Gasteiger partial charge < -0.3 is 0 Å². The van der Waals surface area contributed by atoms with Crippen LogP contribution in [0.25, 0.3) is 109 Å². The summed E-state index contributed by atoms with van der Waals surface area (Å²) in [4.78, 5) is 10.6. The van der Waals surface area contributed by atoms with Crippen LogP contribution in [-0.4, -0.2) is 9.97 Å². The Labute approximate surface area is 311 Å². The third kappa shape index (κ3) is 4.93. The van der Waals surface area contributed by atoms with Gasteiger partial charge >= 0.3 is 0 Å². The molecule has 8 aromatic carbocycles. The van der Waals surface area contributed by atoms with Gasteiger partial charge in [-0.05, 0) is 97.7 Å². The molecule has 0 amide bonds. The molecule has 0 aliphatic heterocycles. The van der Waals surface area contributed by atoms with Crippen LogP contribution >= 0.6 is 11.3 Å². The first-order valence-corrected chi connectivity index (χ1v) is 18.8. The van der Waals surface area contributed by atoms with Gasteiger partial charge in [-0.25, -0.2) is 9.97 Å². The van der Waals surface area contributed by atoms with Crippen molar-refractivity contribution in [2.24, 2.45) is 0 Å². The second-order valence-corrected chi connectivity index (χ2v) is 14.8. The minimum Gasteiger partial charge on any atom is -0.228 e. The summed E-state index contributed by atoms with van der Waals surface area (Å²) >= 11 is 1.85. The lowest BCUT2D eigenvalue weighted by atomic mass is 9.93. The molecule has 10 aromatic rings. The van der Waals surface area contributed by atoms with E-state index in [2.05, 4.69) is 176 Å². The Balaban J connectivity index is 1.14. The molecular formula is C50H30N2S. The monoisotopic (exact) mass is 690 g/mol. The molecule has 11 rings (SSSR count). The summed E-state index contributed by atoms with van der Waals surface area (Å²) in [5, 5.41) is 5.09. The van der Waals surface area contributed by atoms with E-state index in [1.54, 1.807) is 0 Å². The molecule has 0 bridgehead atoms. The smallest absolute Gasteiger partial charge is 0.160 e. The first-order chi connectivity index (χ1) is 26.2. The van der Waals surface area contributed by atoms with Crippen LogP contribution in [0.5, 0.6) is 0 Å². The van der Waals surface area contributed by atoms with Crippen LogP contribution in [0.3, 0.4) is 0 Å². The molecule has 1 aliphatic rings. The van der Waals surface area contributed by atoms with Gasteiger partial charge in [-0.1, -0.05) is 140 Å². The zero-order valence-electron chi connectivity index (χ0n) is 28.6. The number of aromatic nitrogens is 2. The Morgan fingerprint density at radius 1 is 0.302 bits per heavy atom. The summed E-state index contributed by atoms with van der Waals surface area (Å²) in [6.45, 7) is 0. The van der Waals surface area contributed by atoms with Crippen LogP contribution < -0.4 is 0 Å². The van der Waals surface area contributed by atoms with Crippen molar-refractivity contribution < 1.29 is 0 Å². The maximum atomic E-state index is 5.30. The minimum atomic E-state index is 0.711. The molecule has 246 valence electrons. The van der Waals surface area contributed by atoms with Crippen molar-refractivity contribution in [3.63, 3.8) is 0 Å². The van der Waals surface area contributed by atoms with Gasteiger partial charge in [-0.3, -0.25) is 0 Å². The van der Waals surface area contributed by atoms with E-state index in [1.165, 1.54) is 64.3 Å². The Morgan fingerprint density at radius 3 is 1.70 bits per heavy atom. The topological polar surface area (TPSA) is 25.8 Å². The lowest BCUT2D eigenvalue weighted by molar-refractivity contribution is 1.18. The molecule has 0 N–H and O–H groups in total. The van der Waals surface area contributed by atoms with Crippen molar-refractivity contribution in [1.29, 1.82) is 0 Å². The number of thiophene rings is 1. The average Bonchev–Trinajstić information content (AvgIpc) is 3.77. The Hall–Kier alpha value is -6.68. The van der Waals surface area contributed by atoms with Gasteiger partial charge in [-0.2, -0.15) is 0 Å².